The van der Waals surface area contributed by atoms with Crippen LogP contribution in [0.25, 0.3) is 0 Å². The molecule has 114 valence electrons. The zero-order chi connectivity index (χ0) is 15.0. The molecule has 1 aromatic rings. The largest absolute Gasteiger partial charge is 0.549 e. The van der Waals surface area contributed by atoms with E-state index in [1.54, 1.807) is 39.5 Å². The summed E-state index contributed by atoms with van der Waals surface area (Å²) in [5.41, 5.74) is 0. The normalized spacial score (nSPS) is 26.9. The number of hydrogen-bond donors (Lipinski definition) is 0. The molecule has 0 saturated carbocycles. The average molecular weight is 309 g/mol. The van der Waals surface area contributed by atoms with Crippen LogP contribution < -0.4 is 5.11 Å². The molecule has 2 aliphatic heterocycles. The Morgan fingerprint density at radius 3 is 2.24 bits per heavy atom. The summed E-state index contributed by atoms with van der Waals surface area (Å²) in [6.07, 6.45) is 1.56. The molecule has 2 unspecified atom stereocenters. The van der Waals surface area contributed by atoms with Crippen molar-refractivity contribution >= 4 is 16.0 Å². The maximum atomic E-state index is 12.8. The molecule has 6 nitrogen and oxygen atoms in total. The number of hydrogen-bond acceptors (Lipinski definition) is 5. The van der Waals surface area contributed by atoms with Gasteiger partial charge in [-0.15, -0.1) is 0 Å². The van der Waals surface area contributed by atoms with Crippen LogP contribution in [0.15, 0.2) is 35.2 Å². The van der Waals surface area contributed by atoms with Gasteiger partial charge < -0.3 is 9.90 Å². The highest BCUT2D eigenvalue weighted by Crippen LogP contribution is 2.35. The Morgan fingerprint density at radius 1 is 1.14 bits per heavy atom. The molecule has 2 bridgehead atoms. The third kappa shape index (κ3) is 2.68. The Hall–Kier alpha value is -1.44. The van der Waals surface area contributed by atoms with Gasteiger partial charge in [-0.2, -0.15) is 4.31 Å². The molecule has 0 N–H and O–H groups in total. The van der Waals surface area contributed by atoms with Gasteiger partial charge in [0.2, 0.25) is 10.0 Å². The minimum atomic E-state index is -3.51. The molecular formula is C14H17N2O4S-. The Balaban J connectivity index is 1.84. The van der Waals surface area contributed by atoms with Gasteiger partial charge in [-0.3, -0.25) is 4.90 Å². The van der Waals surface area contributed by atoms with Crippen LogP contribution >= 0.6 is 0 Å². The van der Waals surface area contributed by atoms with Gasteiger partial charge in [0, 0.05) is 31.7 Å². The highest BCUT2D eigenvalue weighted by Gasteiger charge is 2.46. The Morgan fingerprint density at radius 2 is 1.71 bits per heavy atom. The lowest BCUT2D eigenvalue weighted by atomic mass is 10.2. The quantitative estimate of drug-likeness (QED) is 0.733. The summed E-state index contributed by atoms with van der Waals surface area (Å²) in [5, 5.41) is 10.7. The zero-order valence-electron chi connectivity index (χ0n) is 11.5. The van der Waals surface area contributed by atoms with E-state index in [-0.39, 0.29) is 18.6 Å². The van der Waals surface area contributed by atoms with E-state index in [0.717, 1.165) is 12.8 Å². The summed E-state index contributed by atoms with van der Waals surface area (Å²) in [6, 6.07) is 8.11. The molecule has 0 spiro atoms. The molecule has 2 heterocycles. The van der Waals surface area contributed by atoms with Crippen molar-refractivity contribution in [2.75, 3.05) is 19.6 Å². The van der Waals surface area contributed by atoms with Gasteiger partial charge in [0.15, 0.2) is 0 Å². The standard InChI is InChI=1S/C14H18N2O4S/c17-14(18)10-15-8-11-6-7-12(9-15)16(11)21(19,20)13-4-2-1-3-5-13/h1-5,11-12H,6-10H2,(H,17,18)/p-1. The van der Waals surface area contributed by atoms with Gasteiger partial charge in [-0.25, -0.2) is 8.42 Å². The SMILES string of the molecule is O=C([O-])CN1CC2CCC(C1)N2S(=O)(=O)c1ccccc1. The number of rotatable bonds is 4. The van der Waals surface area contributed by atoms with Crippen molar-refractivity contribution < 1.29 is 18.3 Å². The number of carbonyl (C=O) groups excluding carboxylic acids is 1. The first-order chi connectivity index (χ1) is 9.98. The summed E-state index contributed by atoms with van der Waals surface area (Å²) in [6.45, 7) is 0.777. The number of likely N-dealkylation sites (tertiary alicyclic amines) is 1. The number of benzene rings is 1. The molecule has 0 aromatic heterocycles. The molecule has 3 rings (SSSR count). The van der Waals surface area contributed by atoms with E-state index in [2.05, 4.69) is 0 Å². The van der Waals surface area contributed by atoms with Crippen LogP contribution in [0.3, 0.4) is 0 Å². The van der Waals surface area contributed by atoms with E-state index < -0.39 is 16.0 Å². The highest BCUT2D eigenvalue weighted by atomic mass is 32.2. The van der Waals surface area contributed by atoms with Crippen LogP contribution in [0.4, 0.5) is 0 Å². The lowest BCUT2D eigenvalue weighted by molar-refractivity contribution is -0.306. The minimum Gasteiger partial charge on any atom is -0.549 e. The monoisotopic (exact) mass is 309 g/mol. The summed E-state index contributed by atoms with van der Waals surface area (Å²) >= 11 is 0. The number of fused-ring (bicyclic) bond motifs is 2. The second-order valence-corrected chi connectivity index (χ2v) is 7.44. The number of sulfonamides is 1. The van der Waals surface area contributed by atoms with Gasteiger partial charge in [0.25, 0.3) is 0 Å². The molecule has 2 fully saturated rings. The predicted octanol–water partition coefficient (Wildman–Crippen LogP) is -0.726. The number of nitrogens with zero attached hydrogens (tertiary/aromatic N) is 2. The fraction of sp³-hybridized carbons (Fsp3) is 0.500. The summed E-state index contributed by atoms with van der Waals surface area (Å²) in [7, 11) is -3.51. The number of carboxylic acid groups (broad SMARTS) is 1. The smallest absolute Gasteiger partial charge is 0.243 e. The van der Waals surface area contributed by atoms with Crippen molar-refractivity contribution in [2.24, 2.45) is 0 Å². The molecular weight excluding hydrogens is 292 g/mol. The van der Waals surface area contributed by atoms with Gasteiger partial charge in [-0.05, 0) is 25.0 Å². The predicted molar refractivity (Wildman–Crippen MR) is 73.7 cm³/mol. The summed E-state index contributed by atoms with van der Waals surface area (Å²) < 4.78 is 27.1. The van der Waals surface area contributed by atoms with E-state index in [4.69, 9.17) is 0 Å². The van der Waals surface area contributed by atoms with E-state index in [1.807, 2.05) is 0 Å². The maximum absolute atomic E-state index is 12.8. The molecule has 2 aliphatic rings. The Kier molecular flexibility index (Phi) is 3.73. The average Bonchev–Trinajstić information content (AvgIpc) is 2.72. The van der Waals surface area contributed by atoms with Crippen molar-refractivity contribution in [2.45, 2.75) is 29.8 Å². The van der Waals surface area contributed by atoms with Crippen molar-refractivity contribution in [3.8, 4) is 0 Å². The van der Waals surface area contributed by atoms with Crippen LogP contribution in [0.5, 0.6) is 0 Å². The molecule has 0 aliphatic carbocycles. The number of aliphatic carboxylic acids is 1. The number of piperazine rings is 1. The lowest BCUT2D eigenvalue weighted by Crippen LogP contribution is -2.57. The Bertz CT molecular complexity index is 618. The Labute approximate surface area is 124 Å². The molecule has 0 radical (unpaired) electrons. The summed E-state index contributed by atoms with van der Waals surface area (Å²) in [4.78, 5) is 12.8. The molecule has 2 saturated heterocycles. The molecule has 0 amide bonds. The second-order valence-electron chi connectivity index (χ2n) is 5.60. The van der Waals surface area contributed by atoms with Crippen molar-refractivity contribution in [3.63, 3.8) is 0 Å². The van der Waals surface area contributed by atoms with E-state index >= 15 is 0 Å². The van der Waals surface area contributed by atoms with E-state index in [1.165, 1.54) is 0 Å². The van der Waals surface area contributed by atoms with Crippen molar-refractivity contribution in [1.29, 1.82) is 0 Å². The highest BCUT2D eigenvalue weighted by molar-refractivity contribution is 7.89. The first kappa shape index (κ1) is 14.5. The molecule has 21 heavy (non-hydrogen) atoms. The minimum absolute atomic E-state index is 0.133. The van der Waals surface area contributed by atoms with Crippen molar-refractivity contribution in [3.05, 3.63) is 30.3 Å². The fourth-order valence-corrected chi connectivity index (χ4v) is 5.24. The topological polar surface area (TPSA) is 80.8 Å². The van der Waals surface area contributed by atoms with Gasteiger partial charge in [0.05, 0.1) is 10.9 Å². The number of carboxylic acids is 1. The zero-order valence-corrected chi connectivity index (χ0v) is 12.3. The fourth-order valence-electron chi connectivity index (χ4n) is 3.37. The van der Waals surface area contributed by atoms with Crippen LogP contribution in [-0.4, -0.2) is 55.3 Å². The first-order valence-corrected chi connectivity index (χ1v) is 8.43. The third-order valence-electron chi connectivity index (χ3n) is 4.16. The van der Waals surface area contributed by atoms with Gasteiger partial charge >= 0.3 is 0 Å². The van der Waals surface area contributed by atoms with Crippen LogP contribution in [0.2, 0.25) is 0 Å². The second kappa shape index (κ2) is 5.40. The lowest BCUT2D eigenvalue weighted by Gasteiger charge is -2.40. The first-order valence-electron chi connectivity index (χ1n) is 6.99. The van der Waals surface area contributed by atoms with Crippen LogP contribution in [0, 0.1) is 0 Å². The number of carbonyl (C=O) groups is 1. The summed E-state index contributed by atoms with van der Waals surface area (Å²) in [5.74, 6) is -1.12. The van der Waals surface area contributed by atoms with Crippen molar-refractivity contribution in [1.82, 2.24) is 9.21 Å². The molecule has 2 atom stereocenters. The van der Waals surface area contributed by atoms with Crippen LogP contribution in [-0.2, 0) is 14.8 Å². The molecule has 7 heteroatoms. The van der Waals surface area contributed by atoms with Crippen LogP contribution in [0.1, 0.15) is 12.8 Å². The third-order valence-corrected chi connectivity index (χ3v) is 6.18. The van der Waals surface area contributed by atoms with E-state index in [9.17, 15) is 18.3 Å². The molecule has 1 aromatic carbocycles. The van der Waals surface area contributed by atoms with E-state index in [0.29, 0.717) is 18.0 Å². The van der Waals surface area contributed by atoms with Gasteiger partial charge in [0.1, 0.15) is 0 Å². The maximum Gasteiger partial charge on any atom is 0.243 e. The van der Waals surface area contributed by atoms with Gasteiger partial charge in [-0.1, -0.05) is 18.2 Å².